The highest BCUT2D eigenvalue weighted by Gasteiger charge is 2.27. The quantitative estimate of drug-likeness (QED) is 0.911. The zero-order valence-corrected chi connectivity index (χ0v) is 11.8. The first-order valence-electron chi connectivity index (χ1n) is 5.88. The van der Waals surface area contributed by atoms with Gasteiger partial charge in [0.25, 0.3) is 5.91 Å². The van der Waals surface area contributed by atoms with Gasteiger partial charge in [0.15, 0.2) is 11.0 Å². The van der Waals surface area contributed by atoms with E-state index in [9.17, 15) is 4.79 Å². The molecule has 18 heavy (non-hydrogen) atoms. The standard InChI is InChI=1S/C12H17ClN2O2.ClH/c1-8(14)9-3-2-6-15(7-9)12(16)10-4-5-11(13)17-10;/h4-5,8-9H,2-3,6-7,14H2,1H3;1H. The molecule has 4 nitrogen and oxygen atoms in total. The Hall–Kier alpha value is -0.710. The smallest absolute Gasteiger partial charge is 0.289 e. The third-order valence-electron chi connectivity index (χ3n) is 3.27. The Labute approximate surface area is 118 Å². The van der Waals surface area contributed by atoms with Gasteiger partial charge in [0, 0.05) is 19.1 Å². The van der Waals surface area contributed by atoms with E-state index in [-0.39, 0.29) is 29.6 Å². The SMILES string of the molecule is CC(N)C1CCCN(C(=O)c2ccc(Cl)o2)C1.Cl. The summed E-state index contributed by atoms with van der Waals surface area (Å²) in [5.74, 6) is 0.584. The molecule has 6 heteroatoms. The number of hydrogen-bond acceptors (Lipinski definition) is 3. The molecule has 2 atom stereocenters. The molecule has 1 saturated heterocycles. The van der Waals surface area contributed by atoms with E-state index in [2.05, 4.69) is 0 Å². The Morgan fingerprint density at radius 3 is 2.89 bits per heavy atom. The molecule has 2 unspecified atom stereocenters. The van der Waals surface area contributed by atoms with E-state index in [1.807, 2.05) is 6.92 Å². The lowest BCUT2D eigenvalue weighted by molar-refractivity contribution is 0.0629. The fourth-order valence-corrected chi connectivity index (χ4v) is 2.35. The molecule has 0 spiro atoms. The van der Waals surface area contributed by atoms with Crippen LogP contribution in [0.25, 0.3) is 0 Å². The molecule has 0 radical (unpaired) electrons. The van der Waals surface area contributed by atoms with E-state index in [0.29, 0.717) is 18.2 Å². The van der Waals surface area contributed by atoms with Crippen LogP contribution < -0.4 is 5.73 Å². The molecule has 2 heterocycles. The highest BCUT2D eigenvalue weighted by atomic mass is 35.5. The van der Waals surface area contributed by atoms with E-state index in [1.54, 1.807) is 17.0 Å². The summed E-state index contributed by atoms with van der Waals surface area (Å²) >= 11 is 5.67. The summed E-state index contributed by atoms with van der Waals surface area (Å²) in [6, 6.07) is 3.31. The van der Waals surface area contributed by atoms with Gasteiger partial charge in [-0.05, 0) is 49.4 Å². The Kier molecular flexibility index (Phi) is 5.50. The number of carbonyl (C=O) groups excluding carboxylic acids is 1. The Morgan fingerprint density at radius 1 is 1.61 bits per heavy atom. The van der Waals surface area contributed by atoms with Crippen LogP contribution in [0, 0.1) is 5.92 Å². The highest BCUT2D eigenvalue weighted by molar-refractivity contribution is 6.29. The van der Waals surface area contributed by atoms with Crippen LogP contribution in [0.5, 0.6) is 0 Å². The van der Waals surface area contributed by atoms with Crippen LogP contribution in [0.3, 0.4) is 0 Å². The maximum Gasteiger partial charge on any atom is 0.289 e. The molecule has 0 saturated carbocycles. The lowest BCUT2D eigenvalue weighted by atomic mass is 9.92. The van der Waals surface area contributed by atoms with Crippen LogP contribution in [0.1, 0.15) is 30.3 Å². The molecule has 1 amide bonds. The number of rotatable bonds is 2. The molecular formula is C12H18Cl2N2O2. The topological polar surface area (TPSA) is 59.5 Å². The molecule has 1 aromatic heterocycles. The van der Waals surface area contributed by atoms with Gasteiger partial charge < -0.3 is 15.1 Å². The van der Waals surface area contributed by atoms with Crippen LogP contribution in [-0.4, -0.2) is 29.9 Å². The summed E-state index contributed by atoms with van der Waals surface area (Å²) in [5.41, 5.74) is 5.89. The number of furan rings is 1. The van der Waals surface area contributed by atoms with E-state index < -0.39 is 0 Å². The van der Waals surface area contributed by atoms with Crippen LogP contribution in [0.2, 0.25) is 5.22 Å². The molecule has 1 aliphatic rings. The molecule has 1 aromatic rings. The second-order valence-corrected chi connectivity index (χ2v) is 4.99. The van der Waals surface area contributed by atoms with E-state index in [0.717, 1.165) is 19.4 Å². The number of likely N-dealkylation sites (tertiary alicyclic amines) is 1. The van der Waals surface area contributed by atoms with Gasteiger partial charge in [0.2, 0.25) is 0 Å². The largest absolute Gasteiger partial charge is 0.440 e. The van der Waals surface area contributed by atoms with Crippen molar-refractivity contribution < 1.29 is 9.21 Å². The average molecular weight is 293 g/mol. The number of nitrogens with zero attached hydrogens (tertiary/aromatic N) is 1. The predicted octanol–water partition coefficient (Wildman–Crippen LogP) is 2.55. The van der Waals surface area contributed by atoms with Crippen LogP contribution in [-0.2, 0) is 0 Å². The first kappa shape index (κ1) is 15.3. The summed E-state index contributed by atoms with van der Waals surface area (Å²) in [5, 5.41) is 0.245. The number of nitrogens with two attached hydrogens (primary N) is 1. The molecule has 102 valence electrons. The van der Waals surface area contributed by atoms with Crippen molar-refractivity contribution >= 4 is 29.9 Å². The number of hydrogen-bond donors (Lipinski definition) is 1. The first-order chi connectivity index (χ1) is 8.08. The van der Waals surface area contributed by atoms with Gasteiger partial charge in [0.1, 0.15) is 0 Å². The minimum atomic E-state index is -0.0951. The molecule has 1 aliphatic heterocycles. The second kappa shape index (κ2) is 6.45. The zero-order chi connectivity index (χ0) is 12.4. The van der Waals surface area contributed by atoms with Crippen molar-refractivity contribution in [2.75, 3.05) is 13.1 Å². The van der Waals surface area contributed by atoms with E-state index in [4.69, 9.17) is 21.8 Å². The monoisotopic (exact) mass is 292 g/mol. The van der Waals surface area contributed by atoms with Crippen molar-refractivity contribution in [2.24, 2.45) is 11.7 Å². The fourth-order valence-electron chi connectivity index (χ4n) is 2.21. The van der Waals surface area contributed by atoms with Gasteiger partial charge in [-0.1, -0.05) is 0 Å². The van der Waals surface area contributed by atoms with Crippen molar-refractivity contribution in [3.8, 4) is 0 Å². The van der Waals surface area contributed by atoms with Gasteiger partial charge in [-0.25, -0.2) is 0 Å². The molecule has 2 N–H and O–H groups in total. The highest BCUT2D eigenvalue weighted by Crippen LogP contribution is 2.22. The minimum absolute atomic E-state index is 0. The van der Waals surface area contributed by atoms with Gasteiger partial charge in [-0.15, -0.1) is 12.4 Å². The first-order valence-corrected chi connectivity index (χ1v) is 6.26. The normalized spacial score (nSPS) is 21.3. The Morgan fingerprint density at radius 2 is 2.33 bits per heavy atom. The minimum Gasteiger partial charge on any atom is -0.440 e. The lowest BCUT2D eigenvalue weighted by Crippen LogP contribution is -2.44. The molecule has 0 aliphatic carbocycles. The van der Waals surface area contributed by atoms with Crippen molar-refractivity contribution in [1.29, 1.82) is 0 Å². The van der Waals surface area contributed by atoms with Crippen LogP contribution in [0.4, 0.5) is 0 Å². The Bertz CT molecular complexity index is 407. The van der Waals surface area contributed by atoms with Crippen LogP contribution in [0.15, 0.2) is 16.5 Å². The molecule has 1 fully saturated rings. The number of piperidine rings is 1. The third kappa shape index (κ3) is 3.40. The summed E-state index contributed by atoms with van der Waals surface area (Å²) in [4.78, 5) is 13.9. The fraction of sp³-hybridized carbons (Fsp3) is 0.583. The molecule has 0 aromatic carbocycles. The zero-order valence-electron chi connectivity index (χ0n) is 10.3. The van der Waals surface area contributed by atoms with Crippen LogP contribution >= 0.6 is 24.0 Å². The van der Waals surface area contributed by atoms with Gasteiger partial charge in [0.05, 0.1) is 0 Å². The number of amides is 1. The second-order valence-electron chi connectivity index (χ2n) is 4.62. The number of carbonyl (C=O) groups is 1. The van der Waals surface area contributed by atoms with E-state index in [1.165, 1.54) is 0 Å². The number of halogens is 2. The maximum atomic E-state index is 12.1. The summed E-state index contributed by atoms with van der Waals surface area (Å²) in [7, 11) is 0. The Balaban J connectivity index is 0.00000162. The summed E-state index contributed by atoms with van der Waals surface area (Å²) in [6.45, 7) is 3.46. The van der Waals surface area contributed by atoms with Gasteiger partial charge >= 0.3 is 0 Å². The van der Waals surface area contributed by atoms with Crippen molar-refractivity contribution in [1.82, 2.24) is 4.90 Å². The van der Waals surface area contributed by atoms with Crippen molar-refractivity contribution in [2.45, 2.75) is 25.8 Å². The van der Waals surface area contributed by atoms with Crippen molar-refractivity contribution in [3.05, 3.63) is 23.1 Å². The maximum absolute atomic E-state index is 12.1. The molecule has 2 rings (SSSR count). The van der Waals surface area contributed by atoms with Crippen molar-refractivity contribution in [3.63, 3.8) is 0 Å². The third-order valence-corrected chi connectivity index (χ3v) is 3.48. The van der Waals surface area contributed by atoms with Gasteiger partial charge in [-0.3, -0.25) is 4.79 Å². The summed E-state index contributed by atoms with van der Waals surface area (Å²) < 4.78 is 5.14. The molecular weight excluding hydrogens is 275 g/mol. The van der Waals surface area contributed by atoms with E-state index >= 15 is 0 Å². The summed E-state index contributed by atoms with van der Waals surface area (Å²) in [6.07, 6.45) is 2.08. The predicted molar refractivity (Wildman–Crippen MR) is 73.2 cm³/mol. The van der Waals surface area contributed by atoms with Gasteiger partial charge in [-0.2, -0.15) is 0 Å². The lowest BCUT2D eigenvalue weighted by Gasteiger charge is -2.34. The average Bonchev–Trinajstić information content (AvgIpc) is 2.75. The molecule has 0 bridgehead atoms.